The molecule has 13 heteroatoms. The maximum absolute atomic E-state index is 14.7. The van der Waals surface area contributed by atoms with E-state index in [1.54, 1.807) is 0 Å². The molecule has 4 aromatic carbocycles. The lowest BCUT2D eigenvalue weighted by Gasteiger charge is -2.35. The fourth-order valence-electron chi connectivity index (χ4n) is 5.34. The first-order valence-electron chi connectivity index (χ1n) is 15.8. The van der Waals surface area contributed by atoms with Crippen molar-refractivity contribution in [2.45, 2.75) is 64.1 Å². The number of halogens is 1. The Kier molecular flexibility index (Phi) is 11.9. The van der Waals surface area contributed by atoms with Gasteiger partial charge in [0.2, 0.25) is 11.8 Å². The summed E-state index contributed by atoms with van der Waals surface area (Å²) in [5, 5.41) is 14.9. The molecule has 0 unspecified atom stereocenters. The molecule has 0 aliphatic heterocycles. The Balaban J connectivity index is 1.90. The summed E-state index contributed by atoms with van der Waals surface area (Å²) in [6.07, 6.45) is 0.137. The fraction of sp³-hybridized carbons (Fsp3) is 0.297. The number of nitro benzene ring substituents is 1. The van der Waals surface area contributed by atoms with E-state index in [1.165, 1.54) is 49.3 Å². The molecule has 11 nitrogen and oxygen atoms in total. The predicted molar refractivity (Wildman–Crippen MR) is 194 cm³/mol. The molecule has 1 N–H and O–H groups in total. The maximum Gasteiger partial charge on any atom is 0.273 e. The van der Waals surface area contributed by atoms with Gasteiger partial charge >= 0.3 is 0 Å². The fourth-order valence-corrected chi connectivity index (χ4v) is 6.95. The molecule has 2 amide bonds. The Morgan fingerprint density at radius 2 is 1.60 bits per heavy atom. The molecule has 0 fully saturated rings. The van der Waals surface area contributed by atoms with Gasteiger partial charge in [0, 0.05) is 35.2 Å². The second kappa shape index (κ2) is 15.7. The van der Waals surface area contributed by atoms with Gasteiger partial charge in [-0.3, -0.25) is 24.0 Å². The summed E-state index contributed by atoms with van der Waals surface area (Å²) in [5.74, 6) is -1.04. The number of aryl methyl sites for hydroxylation is 2. The van der Waals surface area contributed by atoms with Crippen LogP contribution in [0.1, 0.15) is 43.0 Å². The van der Waals surface area contributed by atoms with Crippen LogP contribution in [0.25, 0.3) is 0 Å². The molecule has 0 aliphatic carbocycles. The van der Waals surface area contributed by atoms with Crippen molar-refractivity contribution in [3.8, 4) is 5.75 Å². The molecule has 4 aromatic rings. The van der Waals surface area contributed by atoms with Crippen LogP contribution in [-0.4, -0.2) is 55.3 Å². The van der Waals surface area contributed by atoms with E-state index in [0.717, 1.165) is 27.1 Å². The Morgan fingerprint density at radius 3 is 2.20 bits per heavy atom. The van der Waals surface area contributed by atoms with Crippen molar-refractivity contribution >= 4 is 44.8 Å². The summed E-state index contributed by atoms with van der Waals surface area (Å²) < 4.78 is 35.3. The van der Waals surface area contributed by atoms with Crippen LogP contribution >= 0.6 is 11.6 Å². The van der Waals surface area contributed by atoms with Crippen LogP contribution in [0.3, 0.4) is 0 Å². The van der Waals surface area contributed by atoms with Gasteiger partial charge in [-0.1, -0.05) is 77.8 Å². The van der Waals surface area contributed by atoms with Crippen molar-refractivity contribution in [1.29, 1.82) is 0 Å². The third kappa shape index (κ3) is 9.39. The topological polar surface area (TPSA) is 139 Å². The number of nitrogens with one attached hydrogen (secondary N) is 1. The van der Waals surface area contributed by atoms with Crippen LogP contribution in [0, 0.1) is 24.0 Å². The zero-order valence-corrected chi connectivity index (χ0v) is 30.4. The number of nitro groups is 1. The number of ether oxygens (including phenoxy) is 1. The molecular formula is C37H41ClN4O7S. The van der Waals surface area contributed by atoms with Gasteiger partial charge in [0.05, 0.1) is 22.6 Å². The average Bonchev–Trinajstić information content (AvgIpc) is 3.05. The molecule has 264 valence electrons. The highest BCUT2D eigenvalue weighted by Crippen LogP contribution is 2.36. The smallest absolute Gasteiger partial charge is 0.273 e. The lowest BCUT2D eigenvalue weighted by atomic mass is 10.0. The molecule has 0 radical (unpaired) electrons. The SMILES string of the molecule is COc1ccc(Cl)cc1N(CC(=O)N(Cc1ccc(C)cc1)[C@@H](Cc1ccccc1)C(=O)NC(C)(C)C)S(=O)(=O)c1ccc(C)c([N+](=O)[O-])c1. The third-order valence-electron chi connectivity index (χ3n) is 7.90. The van der Waals surface area contributed by atoms with Gasteiger partial charge in [-0.05, 0) is 70.0 Å². The van der Waals surface area contributed by atoms with Crippen molar-refractivity contribution in [1.82, 2.24) is 10.2 Å². The van der Waals surface area contributed by atoms with Crippen LogP contribution in [0.15, 0.2) is 95.9 Å². The Hall–Kier alpha value is -4.94. The number of rotatable bonds is 13. The first-order chi connectivity index (χ1) is 23.5. The number of hydrogen-bond acceptors (Lipinski definition) is 7. The monoisotopic (exact) mass is 720 g/mol. The van der Waals surface area contributed by atoms with E-state index in [0.29, 0.717) is 0 Å². The van der Waals surface area contributed by atoms with Gasteiger partial charge in [0.25, 0.3) is 15.7 Å². The summed E-state index contributed by atoms with van der Waals surface area (Å²) in [6.45, 7) is 8.10. The number of hydrogen-bond donors (Lipinski definition) is 1. The van der Waals surface area contributed by atoms with E-state index in [1.807, 2.05) is 82.3 Å². The van der Waals surface area contributed by atoms with Gasteiger partial charge in [0.1, 0.15) is 18.3 Å². The Bertz CT molecular complexity index is 1960. The normalized spacial score (nSPS) is 12.1. The maximum atomic E-state index is 14.7. The minimum atomic E-state index is -4.67. The number of benzene rings is 4. The number of sulfonamides is 1. The van der Waals surface area contributed by atoms with E-state index in [9.17, 15) is 28.1 Å². The highest BCUT2D eigenvalue weighted by Gasteiger charge is 2.37. The first kappa shape index (κ1) is 37.9. The highest BCUT2D eigenvalue weighted by atomic mass is 35.5. The van der Waals surface area contributed by atoms with Crippen molar-refractivity contribution in [2.24, 2.45) is 0 Å². The summed E-state index contributed by atoms with van der Waals surface area (Å²) in [5.41, 5.74) is 1.65. The van der Waals surface area contributed by atoms with Crippen LogP contribution in [0.5, 0.6) is 5.75 Å². The minimum Gasteiger partial charge on any atom is -0.495 e. The van der Waals surface area contributed by atoms with Crippen molar-refractivity contribution in [3.05, 3.63) is 128 Å². The van der Waals surface area contributed by atoms with Gasteiger partial charge in [-0.25, -0.2) is 8.42 Å². The number of methoxy groups -OCH3 is 1. The highest BCUT2D eigenvalue weighted by molar-refractivity contribution is 7.92. The van der Waals surface area contributed by atoms with Crippen LogP contribution in [-0.2, 0) is 32.6 Å². The standard InChI is InChI=1S/C37H41ClN4O7S/c1-25-12-15-28(16-13-25)23-40(33(36(44)39-37(3,4)5)20-27-10-8-7-9-11-27)35(43)24-41(32-21-29(38)17-19-34(32)49-6)50(47,48)30-18-14-26(2)31(22-30)42(45)46/h7-19,21-22,33H,20,23-24H2,1-6H3,(H,39,44)/t33-/m0/s1. The molecule has 0 heterocycles. The minimum absolute atomic E-state index is 0.0231. The van der Waals surface area contributed by atoms with Gasteiger partial charge in [0.15, 0.2) is 0 Å². The summed E-state index contributed by atoms with van der Waals surface area (Å²) >= 11 is 6.35. The molecule has 1 atom stereocenters. The molecular weight excluding hydrogens is 680 g/mol. The number of amides is 2. The van der Waals surface area contributed by atoms with E-state index in [-0.39, 0.29) is 35.0 Å². The van der Waals surface area contributed by atoms with E-state index in [2.05, 4.69) is 5.32 Å². The van der Waals surface area contributed by atoms with Crippen molar-refractivity contribution in [3.63, 3.8) is 0 Å². The molecule has 0 saturated carbocycles. The van der Waals surface area contributed by atoms with Crippen LogP contribution in [0.2, 0.25) is 5.02 Å². The largest absolute Gasteiger partial charge is 0.495 e. The summed E-state index contributed by atoms with van der Waals surface area (Å²) in [7, 11) is -3.33. The third-order valence-corrected chi connectivity index (χ3v) is 9.89. The van der Waals surface area contributed by atoms with E-state index >= 15 is 0 Å². The molecule has 50 heavy (non-hydrogen) atoms. The molecule has 0 saturated heterocycles. The average molecular weight is 721 g/mol. The Morgan fingerprint density at radius 1 is 0.940 bits per heavy atom. The number of nitrogens with zero attached hydrogens (tertiary/aromatic N) is 3. The molecule has 4 rings (SSSR count). The quantitative estimate of drug-likeness (QED) is 0.121. The number of carbonyl (C=O) groups is 2. The van der Waals surface area contributed by atoms with Gasteiger partial charge in [-0.15, -0.1) is 0 Å². The second-order valence-corrected chi connectivity index (χ2v) is 15.3. The zero-order chi connectivity index (χ0) is 36.8. The van der Waals surface area contributed by atoms with Crippen molar-refractivity contribution < 1.29 is 27.7 Å². The molecule has 0 spiro atoms. The first-order valence-corrected chi connectivity index (χ1v) is 17.6. The van der Waals surface area contributed by atoms with E-state index < -0.39 is 55.5 Å². The molecule has 0 aromatic heterocycles. The summed E-state index contributed by atoms with van der Waals surface area (Å²) in [4.78, 5) is 40.9. The van der Waals surface area contributed by atoms with Crippen LogP contribution in [0.4, 0.5) is 11.4 Å². The Labute approximate surface area is 298 Å². The van der Waals surface area contributed by atoms with Crippen molar-refractivity contribution in [2.75, 3.05) is 18.0 Å². The van der Waals surface area contributed by atoms with Gasteiger partial charge < -0.3 is 15.0 Å². The number of anilines is 1. The second-order valence-electron chi connectivity index (χ2n) is 13.0. The zero-order valence-electron chi connectivity index (χ0n) is 28.8. The number of carbonyl (C=O) groups excluding carboxylic acids is 2. The lowest BCUT2D eigenvalue weighted by Crippen LogP contribution is -2.56. The lowest BCUT2D eigenvalue weighted by molar-refractivity contribution is -0.385. The molecule has 0 aliphatic rings. The predicted octanol–water partition coefficient (Wildman–Crippen LogP) is 6.62. The summed E-state index contributed by atoms with van der Waals surface area (Å²) in [6, 6.07) is 23.4. The van der Waals surface area contributed by atoms with Gasteiger partial charge in [-0.2, -0.15) is 0 Å². The van der Waals surface area contributed by atoms with Crippen LogP contribution < -0.4 is 14.4 Å². The molecule has 0 bridgehead atoms. The van der Waals surface area contributed by atoms with E-state index in [4.69, 9.17) is 16.3 Å².